The van der Waals surface area contributed by atoms with Gasteiger partial charge in [0.25, 0.3) is 5.91 Å². The highest BCUT2D eigenvalue weighted by Gasteiger charge is 2.23. The predicted octanol–water partition coefficient (Wildman–Crippen LogP) is 3.98. The first-order valence-corrected chi connectivity index (χ1v) is 10.4. The molecular formula is C21H22BrN5O2. The van der Waals surface area contributed by atoms with E-state index < -0.39 is 0 Å². The molecule has 3 heterocycles. The summed E-state index contributed by atoms with van der Waals surface area (Å²) in [6, 6.07) is 11.4. The molecule has 0 unspecified atom stereocenters. The number of aromatic nitrogens is 3. The van der Waals surface area contributed by atoms with Gasteiger partial charge in [-0.25, -0.2) is 4.98 Å². The standard InChI is InChI=1S/C21H22BrN5O2/c1-14(2)20-24-19(25-29-20)16-6-7-18(23-13-16)26-8-10-27(11-9-26)21(28)15-4-3-5-17(22)12-15/h3-7,12-14H,8-11H2,1-2H3. The second kappa shape index (κ2) is 8.32. The van der Waals surface area contributed by atoms with Crippen LogP contribution in [0, 0.1) is 0 Å². The Morgan fingerprint density at radius 2 is 1.93 bits per heavy atom. The average Bonchev–Trinajstić information content (AvgIpc) is 3.24. The molecule has 2 aromatic heterocycles. The molecule has 150 valence electrons. The van der Waals surface area contributed by atoms with Crippen molar-refractivity contribution >= 4 is 27.7 Å². The molecule has 0 aliphatic carbocycles. The van der Waals surface area contributed by atoms with E-state index >= 15 is 0 Å². The Hall–Kier alpha value is -2.74. The number of rotatable bonds is 4. The maximum atomic E-state index is 12.7. The Kier molecular flexibility index (Phi) is 5.62. The summed E-state index contributed by atoms with van der Waals surface area (Å²) in [5.41, 5.74) is 1.53. The average molecular weight is 456 g/mol. The molecule has 8 heteroatoms. The van der Waals surface area contributed by atoms with E-state index in [1.165, 1.54) is 0 Å². The lowest BCUT2D eigenvalue weighted by atomic mass is 10.2. The molecule has 0 radical (unpaired) electrons. The summed E-state index contributed by atoms with van der Waals surface area (Å²) < 4.78 is 6.18. The molecule has 0 saturated carbocycles. The summed E-state index contributed by atoms with van der Waals surface area (Å²) in [6.45, 7) is 6.84. The third-order valence-electron chi connectivity index (χ3n) is 4.90. The van der Waals surface area contributed by atoms with Gasteiger partial charge in [-0.15, -0.1) is 0 Å². The molecule has 7 nitrogen and oxygen atoms in total. The number of carbonyl (C=O) groups excluding carboxylic acids is 1. The summed E-state index contributed by atoms with van der Waals surface area (Å²) >= 11 is 3.42. The number of piperazine rings is 1. The Morgan fingerprint density at radius 3 is 2.55 bits per heavy atom. The van der Waals surface area contributed by atoms with E-state index in [1.807, 2.05) is 55.1 Å². The molecule has 3 aromatic rings. The van der Waals surface area contributed by atoms with Crippen LogP contribution in [0.2, 0.25) is 0 Å². The normalized spacial score (nSPS) is 14.5. The molecule has 1 fully saturated rings. The van der Waals surface area contributed by atoms with Crippen molar-refractivity contribution in [1.82, 2.24) is 20.0 Å². The van der Waals surface area contributed by atoms with Crippen molar-refractivity contribution in [2.24, 2.45) is 0 Å². The monoisotopic (exact) mass is 455 g/mol. The van der Waals surface area contributed by atoms with Crippen molar-refractivity contribution < 1.29 is 9.32 Å². The van der Waals surface area contributed by atoms with Gasteiger partial charge in [0, 0.05) is 53.9 Å². The number of halogens is 1. The first-order valence-electron chi connectivity index (χ1n) is 9.61. The number of anilines is 1. The van der Waals surface area contributed by atoms with E-state index in [2.05, 4.69) is 36.0 Å². The third kappa shape index (κ3) is 4.32. The van der Waals surface area contributed by atoms with Crippen LogP contribution in [0.15, 0.2) is 51.6 Å². The Bertz CT molecular complexity index is 994. The van der Waals surface area contributed by atoms with Gasteiger partial charge in [-0.1, -0.05) is 41.0 Å². The number of amides is 1. The smallest absolute Gasteiger partial charge is 0.254 e. The Morgan fingerprint density at radius 1 is 1.14 bits per heavy atom. The Balaban J connectivity index is 1.39. The third-order valence-corrected chi connectivity index (χ3v) is 5.40. The zero-order valence-corrected chi connectivity index (χ0v) is 18.0. The van der Waals surface area contributed by atoms with Crippen molar-refractivity contribution in [3.63, 3.8) is 0 Å². The fourth-order valence-electron chi connectivity index (χ4n) is 3.24. The summed E-state index contributed by atoms with van der Waals surface area (Å²) in [5.74, 6) is 2.31. The van der Waals surface area contributed by atoms with Crippen LogP contribution in [0.1, 0.15) is 36.0 Å². The van der Waals surface area contributed by atoms with E-state index in [-0.39, 0.29) is 11.8 Å². The maximum Gasteiger partial charge on any atom is 0.254 e. The quantitative estimate of drug-likeness (QED) is 0.591. The van der Waals surface area contributed by atoms with Crippen molar-refractivity contribution in [3.05, 3.63) is 58.5 Å². The molecule has 1 aliphatic heterocycles. The molecule has 4 rings (SSSR count). The van der Waals surface area contributed by atoms with Crippen LogP contribution >= 0.6 is 15.9 Å². The van der Waals surface area contributed by atoms with Crippen LogP contribution < -0.4 is 4.90 Å². The zero-order valence-electron chi connectivity index (χ0n) is 16.4. The Labute approximate surface area is 177 Å². The van der Waals surface area contributed by atoms with Gasteiger partial charge in [0.05, 0.1) is 0 Å². The van der Waals surface area contributed by atoms with E-state index in [0.29, 0.717) is 30.4 Å². The van der Waals surface area contributed by atoms with Crippen molar-refractivity contribution in [2.45, 2.75) is 19.8 Å². The molecule has 0 N–H and O–H groups in total. The SMILES string of the molecule is CC(C)c1nc(-c2ccc(N3CCN(C(=O)c4cccc(Br)c4)CC3)nc2)no1. The van der Waals surface area contributed by atoms with E-state index in [9.17, 15) is 4.79 Å². The molecule has 0 bridgehead atoms. The minimum Gasteiger partial charge on any atom is -0.353 e. The highest BCUT2D eigenvalue weighted by molar-refractivity contribution is 9.10. The van der Waals surface area contributed by atoms with E-state index in [1.54, 1.807) is 6.20 Å². The maximum absolute atomic E-state index is 12.7. The molecule has 1 aliphatic rings. The summed E-state index contributed by atoms with van der Waals surface area (Å²) in [4.78, 5) is 25.7. The number of nitrogens with zero attached hydrogens (tertiary/aromatic N) is 5. The number of hydrogen-bond acceptors (Lipinski definition) is 6. The van der Waals surface area contributed by atoms with Crippen LogP contribution in [-0.4, -0.2) is 52.1 Å². The van der Waals surface area contributed by atoms with Gasteiger partial charge >= 0.3 is 0 Å². The zero-order chi connectivity index (χ0) is 20.4. The lowest BCUT2D eigenvalue weighted by Gasteiger charge is -2.35. The van der Waals surface area contributed by atoms with Crippen LogP contribution in [0.25, 0.3) is 11.4 Å². The first kappa shape index (κ1) is 19.6. The molecule has 1 aromatic carbocycles. The minimum atomic E-state index is 0.0623. The van der Waals surface area contributed by atoms with Gasteiger partial charge in [-0.3, -0.25) is 4.79 Å². The highest BCUT2D eigenvalue weighted by atomic mass is 79.9. The summed E-state index contributed by atoms with van der Waals surface area (Å²) in [6.07, 6.45) is 1.77. The van der Waals surface area contributed by atoms with Crippen molar-refractivity contribution in [3.8, 4) is 11.4 Å². The summed E-state index contributed by atoms with van der Waals surface area (Å²) in [5, 5.41) is 4.03. The fourth-order valence-corrected chi connectivity index (χ4v) is 3.63. The highest BCUT2D eigenvalue weighted by Crippen LogP contribution is 2.22. The number of carbonyl (C=O) groups is 1. The molecule has 0 spiro atoms. The fraction of sp³-hybridized carbons (Fsp3) is 0.333. The van der Waals surface area contributed by atoms with Gasteiger partial charge in [-0.05, 0) is 30.3 Å². The molecule has 0 atom stereocenters. The minimum absolute atomic E-state index is 0.0623. The topological polar surface area (TPSA) is 75.4 Å². The van der Waals surface area contributed by atoms with Gasteiger partial charge in [-0.2, -0.15) is 4.98 Å². The molecular weight excluding hydrogens is 434 g/mol. The van der Waals surface area contributed by atoms with E-state index in [4.69, 9.17) is 4.52 Å². The number of benzene rings is 1. The van der Waals surface area contributed by atoms with E-state index in [0.717, 1.165) is 28.9 Å². The second-order valence-electron chi connectivity index (χ2n) is 7.31. The van der Waals surface area contributed by atoms with Crippen LogP contribution in [0.5, 0.6) is 0 Å². The lowest BCUT2D eigenvalue weighted by molar-refractivity contribution is 0.0746. The van der Waals surface area contributed by atoms with Gasteiger partial charge in [0.15, 0.2) is 0 Å². The van der Waals surface area contributed by atoms with Crippen molar-refractivity contribution in [2.75, 3.05) is 31.1 Å². The van der Waals surface area contributed by atoms with Crippen molar-refractivity contribution in [1.29, 1.82) is 0 Å². The second-order valence-corrected chi connectivity index (χ2v) is 8.22. The molecule has 1 amide bonds. The van der Waals surface area contributed by atoms with Gasteiger partial charge in [0.1, 0.15) is 5.82 Å². The van der Waals surface area contributed by atoms with Crippen LogP contribution in [0.3, 0.4) is 0 Å². The molecule has 29 heavy (non-hydrogen) atoms. The lowest BCUT2D eigenvalue weighted by Crippen LogP contribution is -2.49. The van der Waals surface area contributed by atoms with Crippen LogP contribution in [0.4, 0.5) is 5.82 Å². The number of pyridine rings is 1. The van der Waals surface area contributed by atoms with Gasteiger partial charge in [0.2, 0.25) is 11.7 Å². The van der Waals surface area contributed by atoms with Crippen LogP contribution in [-0.2, 0) is 0 Å². The predicted molar refractivity (Wildman–Crippen MR) is 114 cm³/mol. The van der Waals surface area contributed by atoms with Gasteiger partial charge < -0.3 is 14.3 Å². The molecule has 1 saturated heterocycles. The summed E-state index contributed by atoms with van der Waals surface area (Å²) in [7, 11) is 0. The largest absolute Gasteiger partial charge is 0.353 e. The first-order chi connectivity index (χ1) is 14.0. The number of hydrogen-bond donors (Lipinski definition) is 0.